The van der Waals surface area contributed by atoms with E-state index in [0.717, 1.165) is 17.8 Å². The van der Waals surface area contributed by atoms with Crippen LogP contribution >= 0.6 is 23.7 Å². The molecule has 2 heterocycles. The van der Waals surface area contributed by atoms with Gasteiger partial charge in [0.25, 0.3) is 0 Å². The van der Waals surface area contributed by atoms with Crippen LogP contribution in [0.15, 0.2) is 12.1 Å². The van der Waals surface area contributed by atoms with E-state index in [1.165, 1.54) is 11.3 Å². The molecule has 1 aromatic rings. The van der Waals surface area contributed by atoms with Gasteiger partial charge >= 0.3 is 6.18 Å². The van der Waals surface area contributed by atoms with E-state index >= 15 is 0 Å². The number of carbonyl (C=O) groups excluding carboxylic acids is 1. The maximum atomic E-state index is 12.1. The Balaban J connectivity index is 0.00000242. The van der Waals surface area contributed by atoms with E-state index in [9.17, 15) is 18.0 Å². The van der Waals surface area contributed by atoms with E-state index < -0.39 is 12.8 Å². The monoisotopic (exact) mass is 358 g/mol. The van der Waals surface area contributed by atoms with Crippen LogP contribution in [-0.4, -0.2) is 36.7 Å². The van der Waals surface area contributed by atoms with Crippen molar-refractivity contribution >= 4 is 29.7 Å². The van der Waals surface area contributed by atoms with Crippen molar-refractivity contribution in [3.63, 3.8) is 0 Å². The molecular formula is C13H18ClF3N2O2S. The first kappa shape index (κ1) is 19.1. The molecule has 22 heavy (non-hydrogen) atoms. The van der Waals surface area contributed by atoms with Crippen molar-refractivity contribution in [3.8, 4) is 5.06 Å². The number of thiophene rings is 1. The second-order valence-corrected chi connectivity index (χ2v) is 6.20. The molecular weight excluding hydrogens is 341 g/mol. The topological polar surface area (TPSA) is 55.6 Å². The fraction of sp³-hybridized carbons (Fsp3) is 0.615. The van der Waals surface area contributed by atoms with Gasteiger partial charge < -0.3 is 10.5 Å². The van der Waals surface area contributed by atoms with Crippen LogP contribution in [0.25, 0.3) is 0 Å². The summed E-state index contributed by atoms with van der Waals surface area (Å²) in [5.74, 6) is -0.446. The van der Waals surface area contributed by atoms with E-state index in [0.29, 0.717) is 6.54 Å². The molecule has 126 valence electrons. The zero-order valence-corrected chi connectivity index (χ0v) is 13.6. The summed E-state index contributed by atoms with van der Waals surface area (Å²) >= 11 is 1.20. The fourth-order valence-corrected chi connectivity index (χ4v) is 3.28. The second-order valence-electron chi connectivity index (χ2n) is 5.12. The number of halogens is 4. The Morgan fingerprint density at radius 1 is 1.55 bits per heavy atom. The number of hydrogen-bond acceptors (Lipinski definition) is 4. The molecule has 9 heteroatoms. The zero-order chi connectivity index (χ0) is 15.6. The summed E-state index contributed by atoms with van der Waals surface area (Å²) in [4.78, 5) is 14.2. The number of nitrogens with zero attached hydrogens (tertiary/aromatic N) is 1. The van der Waals surface area contributed by atoms with Crippen molar-refractivity contribution in [3.05, 3.63) is 17.0 Å². The predicted molar refractivity (Wildman–Crippen MR) is 80.4 cm³/mol. The standard InChI is InChI=1S/C13H17F3N2O2S.ClH/c1-8(18-5-4-9(6-18)12(17)19)10-2-3-11(21-10)20-7-13(14,15)16;/h2-3,8-9H,4-7H2,1H3,(H2,17,19);1H/t8-,9?;/m1./s1. The Hall–Kier alpha value is -0.990. The third-order valence-electron chi connectivity index (χ3n) is 3.56. The van der Waals surface area contributed by atoms with Crippen LogP contribution < -0.4 is 10.5 Å². The first-order valence-corrected chi connectivity index (χ1v) is 7.40. The number of primary amides is 1. The maximum Gasteiger partial charge on any atom is 0.422 e. The van der Waals surface area contributed by atoms with Gasteiger partial charge in [0.1, 0.15) is 0 Å². The number of likely N-dealkylation sites (tertiary alicyclic amines) is 1. The normalized spacial score (nSPS) is 20.5. The number of amides is 1. The van der Waals surface area contributed by atoms with Crippen molar-refractivity contribution in [1.29, 1.82) is 0 Å². The number of rotatable bonds is 5. The summed E-state index contributed by atoms with van der Waals surface area (Å²) in [6.45, 7) is 2.02. The molecule has 0 aliphatic carbocycles. The van der Waals surface area contributed by atoms with Crippen molar-refractivity contribution in [2.45, 2.75) is 25.6 Å². The SMILES string of the molecule is C[C@H](c1ccc(OCC(F)(F)F)s1)N1CCC(C(N)=O)C1.Cl. The van der Waals surface area contributed by atoms with E-state index in [1.54, 1.807) is 12.1 Å². The maximum absolute atomic E-state index is 12.1. The fourth-order valence-electron chi connectivity index (χ4n) is 2.34. The number of nitrogens with two attached hydrogens (primary N) is 1. The molecule has 1 aromatic heterocycles. The van der Waals surface area contributed by atoms with Crippen LogP contribution in [-0.2, 0) is 4.79 Å². The first-order chi connectivity index (χ1) is 9.76. The Morgan fingerprint density at radius 3 is 2.77 bits per heavy atom. The Bertz CT molecular complexity index is 510. The molecule has 2 atom stereocenters. The zero-order valence-electron chi connectivity index (χ0n) is 11.9. The molecule has 4 nitrogen and oxygen atoms in total. The average molecular weight is 359 g/mol. The van der Waals surface area contributed by atoms with Crippen LogP contribution in [0.4, 0.5) is 13.2 Å². The minimum atomic E-state index is -4.33. The van der Waals surface area contributed by atoms with Gasteiger partial charge in [-0.1, -0.05) is 0 Å². The number of alkyl halides is 3. The smallest absolute Gasteiger partial charge is 0.422 e. The number of ether oxygens (including phenoxy) is 1. The largest absolute Gasteiger partial charge is 0.475 e. The minimum absolute atomic E-state index is 0. The van der Waals surface area contributed by atoms with Crippen molar-refractivity contribution < 1.29 is 22.7 Å². The van der Waals surface area contributed by atoms with Gasteiger partial charge in [-0.25, -0.2) is 0 Å². The second kappa shape index (κ2) is 7.52. The molecule has 1 fully saturated rings. The lowest BCUT2D eigenvalue weighted by molar-refractivity contribution is -0.152. The Labute approximate surface area is 136 Å². The molecule has 2 N–H and O–H groups in total. The van der Waals surface area contributed by atoms with Gasteiger partial charge in [0.15, 0.2) is 11.7 Å². The van der Waals surface area contributed by atoms with Gasteiger partial charge in [0.05, 0.1) is 5.92 Å². The molecule has 1 unspecified atom stereocenters. The van der Waals surface area contributed by atoms with Gasteiger partial charge in [0.2, 0.25) is 5.91 Å². The highest BCUT2D eigenvalue weighted by Gasteiger charge is 2.31. The highest BCUT2D eigenvalue weighted by atomic mass is 35.5. The summed E-state index contributed by atoms with van der Waals surface area (Å²) in [6.07, 6.45) is -3.61. The van der Waals surface area contributed by atoms with E-state index in [4.69, 9.17) is 10.5 Å². The van der Waals surface area contributed by atoms with Gasteiger partial charge in [-0.3, -0.25) is 9.69 Å². The highest BCUT2D eigenvalue weighted by Crippen LogP contribution is 2.35. The molecule has 1 amide bonds. The molecule has 0 spiro atoms. The lowest BCUT2D eigenvalue weighted by Gasteiger charge is -2.22. The predicted octanol–water partition coefficient (Wildman–Crippen LogP) is 2.98. The van der Waals surface area contributed by atoms with Crippen molar-refractivity contribution in [1.82, 2.24) is 4.90 Å². The Kier molecular flexibility index (Phi) is 6.51. The third kappa shape index (κ3) is 5.03. The molecule has 2 rings (SSSR count). The third-order valence-corrected chi connectivity index (χ3v) is 4.73. The molecule has 0 saturated carbocycles. The van der Waals surface area contributed by atoms with Crippen LogP contribution in [0.3, 0.4) is 0 Å². The van der Waals surface area contributed by atoms with Crippen LogP contribution in [0, 0.1) is 5.92 Å². The summed E-state index contributed by atoms with van der Waals surface area (Å²) in [5, 5.41) is 0.250. The lowest BCUT2D eigenvalue weighted by Crippen LogP contribution is -2.28. The minimum Gasteiger partial charge on any atom is -0.475 e. The highest BCUT2D eigenvalue weighted by molar-refractivity contribution is 7.13. The quantitative estimate of drug-likeness (QED) is 0.880. The van der Waals surface area contributed by atoms with Gasteiger partial charge in [0, 0.05) is 17.5 Å². The van der Waals surface area contributed by atoms with E-state index in [2.05, 4.69) is 4.90 Å². The molecule has 0 aromatic carbocycles. The average Bonchev–Trinajstić information content (AvgIpc) is 3.04. The number of hydrogen-bond donors (Lipinski definition) is 1. The summed E-state index contributed by atoms with van der Waals surface area (Å²) in [6, 6.07) is 3.34. The molecule has 0 radical (unpaired) electrons. The van der Waals surface area contributed by atoms with E-state index in [-0.39, 0.29) is 35.3 Å². The molecule has 1 saturated heterocycles. The first-order valence-electron chi connectivity index (χ1n) is 6.59. The Morgan fingerprint density at radius 2 is 2.23 bits per heavy atom. The van der Waals surface area contributed by atoms with Gasteiger partial charge in [-0.15, -0.1) is 23.7 Å². The van der Waals surface area contributed by atoms with Crippen molar-refractivity contribution in [2.24, 2.45) is 11.7 Å². The van der Waals surface area contributed by atoms with E-state index in [1.807, 2.05) is 6.92 Å². The van der Waals surface area contributed by atoms with Crippen LogP contribution in [0.2, 0.25) is 0 Å². The van der Waals surface area contributed by atoms with Gasteiger partial charge in [-0.05, 0) is 32.0 Å². The van der Waals surface area contributed by atoms with Crippen LogP contribution in [0.1, 0.15) is 24.3 Å². The summed E-state index contributed by atoms with van der Waals surface area (Å²) in [7, 11) is 0. The molecule has 1 aliphatic heterocycles. The lowest BCUT2D eigenvalue weighted by atomic mass is 10.1. The number of carbonyl (C=O) groups is 1. The molecule has 0 bridgehead atoms. The van der Waals surface area contributed by atoms with Crippen molar-refractivity contribution in [2.75, 3.05) is 19.7 Å². The van der Waals surface area contributed by atoms with Crippen LogP contribution in [0.5, 0.6) is 5.06 Å². The summed E-state index contributed by atoms with van der Waals surface area (Å²) < 4.78 is 41.0. The van der Waals surface area contributed by atoms with Gasteiger partial charge in [-0.2, -0.15) is 13.2 Å². The molecule has 1 aliphatic rings. The summed E-state index contributed by atoms with van der Waals surface area (Å²) in [5.41, 5.74) is 5.29.